The van der Waals surface area contributed by atoms with Crippen LogP contribution in [-0.2, 0) is 9.53 Å². The fraction of sp³-hybridized carbons (Fsp3) is 0.579. The summed E-state index contributed by atoms with van der Waals surface area (Å²) in [4.78, 5) is 17.2. The van der Waals surface area contributed by atoms with E-state index < -0.39 is 0 Å². The topological polar surface area (TPSA) is 89.7 Å². The molecule has 2 rings (SSSR count). The number of carbonyl (C=O) groups excluding carboxylic acids is 1. The molecule has 1 saturated heterocycles. The summed E-state index contributed by atoms with van der Waals surface area (Å²) < 4.78 is 25.1. The number of methoxy groups -OCH3 is 1. The molecule has 28 heavy (non-hydrogen) atoms. The maximum absolute atomic E-state index is 12.5. The Labute approximate surface area is 170 Å². The summed E-state index contributed by atoms with van der Waals surface area (Å²) in [6.45, 7) is 3.18. The molecule has 0 bridgehead atoms. The molecule has 3 N–H and O–H groups in total. The Morgan fingerprint density at radius 2 is 2.25 bits per heavy atom. The Morgan fingerprint density at radius 3 is 2.86 bits per heavy atom. The predicted molar refractivity (Wildman–Crippen MR) is 108 cm³/mol. The monoisotopic (exact) mass is 412 g/mol. The zero-order chi connectivity index (χ0) is 20.2. The molecule has 1 aliphatic heterocycles. The van der Waals surface area contributed by atoms with Crippen molar-refractivity contribution < 1.29 is 18.7 Å². The Kier molecular flexibility index (Phi) is 10.3. The number of aromatic nitrogens is 1. The van der Waals surface area contributed by atoms with Crippen molar-refractivity contribution >= 4 is 17.9 Å². The van der Waals surface area contributed by atoms with Crippen molar-refractivity contribution in [3.63, 3.8) is 0 Å². The van der Waals surface area contributed by atoms with Crippen molar-refractivity contribution in [2.24, 2.45) is 11.7 Å². The summed E-state index contributed by atoms with van der Waals surface area (Å²) >= 11 is 1.65. The van der Waals surface area contributed by atoms with Gasteiger partial charge < -0.3 is 20.5 Å². The van der Waals surface area contributed by atoms with Gasteiger partial charge in [-0.3, -0.25) is 4.79 Å². The van der Waals surface area contributed by atoms with E-state index in [9.17, 15) is 9.18 Å². The Morgan fingerprint density at radius 1 is 1.46 bits per heavy atom. The van der Waals surface area contributed by atoms with Crippen LogP contribution in [0.4, 0.5) is 4.39 Å². The van der Waals surface area contributed by atoms with Crippen molar-refractivity contribution in [1.82, 2.24) is 14.6 Å². The number of hydrogen-bond donors (Lipinski definition) is 2. The van der Waals surface area contributed by atoms with E-state index in [4.69, 9.17) is 15.2 Å². The minimum absolute atomic E-state index is 0.0963. The van der Waals surface area contributed by atoms with E-state index in [0.717, 1.165) is 30.8 Å². The quantitative estimate of drug-likeness (QED) is 0.425. The van der Waals surface area contributed by atoms with Crippen LogP contribution in [-0.4, -0.2) is 61.7 Å². The standard InChI is InChI=1S/C19H29FN4O3S/c1-26-9-6-22-18(25)10-15-4-7-24(8-5-15)28-17-2-3-19(23-13-17)27-14-16(11-20)12-21/h2-3,11,13,15H,4-10,12,14,21H2,1H3,(H,22,25)/b16-11+. The molecule has 156 valence electrons. The van der Waals surface area contributed by atoms with Crippen LogP contribution < -0.4 is 15.8 Å². The van der Waals surface area contributed by atoms with Crippen LogP contribution in [0.2, 0.25) is 0 Å². The number of nitrogens with zero attached hydrogens (tertiary/aromatic N) is 2. The molecule has 1 aliphatic rings. The number of nitrogens with one attached hydrogen (secondary N) is 1. The molecule has 0 aromatic carbocycles. The largest absolute Gasteiger partial charge is 0.473 e. The van der Waals surface area contributed by atoms with Gasteiger partial charge in [0.2, 0.25) is 11.8 Å². The highest BCUT2D eigenvalue weighted by atomic mass is 32.2. The Bertz CT molecular complexity index is 622. The number of piperidine rings is 1. The molecular formula is C19H29FN4O3S. The van der Waals surface area contributed by atoms with E-state index in [1.54, 1.807) is 31.3 Å². The van der Waals surface area contributed by atoms with Crippen LogP contribution in [0.25, 0.3) is 0 Å². The smallest absolute Gasteiger partial charge is 0.220 e. The summed E-state index contributed by atoms with van der Waals surface area (Å²) in [5, 5.41) is 2.88. The summed E-state index contributed by atoms with van der Waals surface area (Å²) in [7, 11) is 1.62. The lowest BCUT2D eigenvalue weighted by Crippen LogP contribution is -2.33. The first-order chi connectivity index (χ1) is 13.6. The summed E-state index contributed by atoms with van der Waals surface area (Å²) in [5.41, 5.74) is 5.78. The van der Waals surface area contributed by atoms with Gasteiger partial charge in [0, 0.05) is 62.4 Å². The number of carbonyl (C=O) groups is 1. The third-order valence-corrected chi connectivity index (χ3v) is 5.52. The minimum atomic E-state index is 0.0963. The minimum Gasteiger partial charge on any atom is -0.473 e. The number of hydrogen-bond acceptors (Lipinski definition) is 7. The summed E-state index contributed by atoms with van der Waals surface area (Å²) in [6, 6.07) is 3.70. The van der Waals surface area contributed by atoms with Crippen LogP contribution in [0, 0.1) is 5.92 Å². The fourth-order valence-corrected chi connectivity index (χ4v) is 3.71. The normalized spacial score (nSPS) is 16.2. The number of ether oxygens (including phenoxy) is 2. The van der Waals surface area contributed by atoms with E-state index in [2.05, 4.69) is 14.6 Å². The maximum Gasteiger partial charge on any atom is 0.220 e. The van der Waals surface area contributed by atoms with Gasteiger partial charge in [0.15, 0.2) is 0 Å². The molecule has 0 atom stereocenters. The van der Waals surface area contributed by atoms with E-state index in [1.165, 1.54) is 0 Å². The molecule has 0 spiro atoms. The van der Waals surface area contributed by atoms with Crippen LogP contribution >= 0.6 is 11.9 Å². The van der Waals surface area contributed by atoms with E-state index in [0.29, 0.717) is 43.3 Å². The molecule has 1 aromatic rings. The zero-order valence-electron chi connectivity index (χ0n) is 16.2. The van der Waals surface area contributed by atoms with Gasteiger partial charge in [-0.25, -0.2) is 13.7 Å². The highest BCUT2D eigenvalue weighted by molar-refractivity contribution is 7.97. The number of rotatable bonds is 11. The highest BCUT2D eigenvalue weighted by Gasteiger charge is 2.22. The van der Waals surface area contributed by atoms with E-state index in [1.807, 2.05) is 6.07 Å². The number of amides is 1. The first-order valence-corrected chi connectivity index (χ1v) is 10.2. The molecule has 7 nitrogen and oxygen atoms in total. The van der Waals surface area contributed by atoms with Gasteiger partial charge in [-0.05, 0) is 36.8 Å². The van der Waals surface area contributed by atoms with Crippen molar-refractivity contribution in [2.75, 3.05) is 46.5 Å². The second kappa shape index (κ2) is 12.7. The molecule has 1 amide bonds. The van der Waals surface area contributed by atoms with Crippen molar-refractivity contribution in [1.29, 1.82) is 0 Å². The lowest BCUT2D eigenvalue weighted by atomic mass is 9.94. The van der Waals surface area contributed by atoms with Crippen molar-refractivity contribution in [2.45, 2.75) is 24.2 Å². The number of pyridine rings is 1. The van der Waals surface area contributed by atoms with Gasteiger partial charge >= 0.3 is 0 Å². The molecule has 0 radical (unpaired) electrons. The first-order valence-electron chi connectivity index (χ1n) is 9.40. The molecule has 1 aromatic heterocycles. The molecule has 1 fully saturated rings. The van der Waals surface area contributed by atoms with Crippen LogP contribution in [0.5, 0.6) is 5.88 Å². The molecule has 9 heteroatoms. The third-order valence-electron chi connectivity index (χ3n) is 4.44. The van der Waals surface area contributed by atoms with Gasteiger partial charge in [-0.2, -0.15) is 0 Å². The van der Waals surface area contributed by atoms with Gasteiger partial charge in [-0.1, -0.05) is 0 Å². The Balaban J connectivity index is 1.69. The van der Waals surface area contributed by atoms with Gasteiger partial charge in [0.25, 0.3) is 0 Å². The van der Waals surface area contributed by atoms with Crippen LogP contribution in [0.15, 0.2) is 35.1 Å². The van der Waals surface area contributed by atoms with Crippen LogP contribution in [0.3, 0.4) is 0 Å². The molecule has 0 saturated carbocycles. The lowest BCUT2D eigenvalue weighted by Gasteiger charge is -2.30. The third kappa shape index (κ3) is 8.14. The van der Waals surface area contributed by atoms with Crippen molar-refractivity contribution in [3.05, 3.63) is 30.2 Å². The Hall–Kier alpha value is -1.68. The van der Waals surface area contributed by atoms with Crippen molar-refractivity contribution in [3.8, 4) is 5.88 Å². The van der Waals surface area contributed by atoms with Crippen LogP contribution in [0.1, 0.15) is 19.3 Å². The lowest BCUT2D eigenvalue weighted by molar-refractivity contribution is -0.122. The van der Waals surface area contributed by atoms with E-state index >= 15 is 0 Å². The molecule has 0 aliphatic carbocycles. The summed E-state index contributed by atoms with van der Waals surface area (Å²) in [6.07, 6.45) is 4.79. The first kappa shape index (κ1) is 22.6. The zero-order valence-corrected chi connectivity index (χ0v) is 17.0. The second-order valence-corrected chi connectivity index (χ2v) is 7.77. The number of halogens is 1. The maximum atomic E-state index is 12.5. The molecule has 0 unspecified atom stereocenters. The fourth-order valence-electron chi connectivity index (χ4n) is 2.79. The molecule has 2 heterocycles. The summed E-state index contributed by atoms with van der Waals surface area (Å²) in [5.74, 6) is 0.965. The highest BCUT2D eigenvalue weighted by Crippen LogP contribution is 2.29. The average molecular weight is 413 g/mol. The van der Waals surface area contributed by atoms with Gasteiger partial charge in [0.05, 0.1) is 12.9 Å². The molecular weight excluding hydrogens is 383 g/mol. The average Bonchev–Trinajstić information content (AvgIpc) is 2.71. The van der Waals surface area contributed by atoms with Gasteiger partial charge in [0.1, 0.15) is 6.61 Å². The number of nitrogens with two attached hydrogens (primary N) is 1. The predicted octanol–water partition coefficient (Wildman–Crippen LogP) is 2.14. The van der Waals surface area contributed by atoms with E-state index in [-0.39, 0.29) is 19.1 Å². The second-order valence-electron chi connectivity index (χ2n) is 6.60. The van der Waals surface area contributed by atoms with Gasteiger partial charge in [-0.15, -0.1) is 0 Å². The SMILES string of the molecule is COCCNC(=O)CC1CCN(Sc2ccc(OC/C(=C/F)CN)nc2)CC1.